The molecule has 110 valence electrons. The van der Waals surface area contributed by atoms with Crippen molar-refractivity contribution < 1.29 is 4.79 Å². The van der Waals surface area contributed by atoms with Crippen molar-refractivity contribution in [2.24, 2.45) is 0 Å². The normalized spacial score (nSPS) is 10.2. The van der Waals surface area contributed by atoms with Gasteiger partial charge in [-0.1, -0.05) is 6.07 Å². The van der Waals surface area contributed by atoms with Gasteiger partial charge >= 0.3 is 0 Å². The molecule has 0 unspecified atom stereocenters. The van der Waals surface area contributed by atoms with Crippen molar-refractivity contribution in [1.29, 1.82) is 0 Å². The predicted molar refractivity (Wildman–Crippen MR) is 99.0 cm³/mol. The maximum atomic E-state index is 12.3. The molecule has 0 fully saturated rings. The summed E-state index contributed by atoms with van der Waals surface area (Å²) in [5.74, 6) is -0.135. The van der Waals surface area contributed by atoms with Crippen molar-refractivity contribution in [3.8, 4) is 0 Å². The third-order valence-electron chi connectivity index (χ3n) is 2.91. The summed E-state index contributed by atoms with van der Waals surface area (Å²) in [5.41, 5.74) is 2.22. The molecule has 1 heterocycles. The summed E-state index contributed by atoms with van der Waals surface area (Å²) in [5, 5.41) is 8.76. The van der Waals surface area contributed by atoms with Gasteiger partial charge in [-0.15, -0.1) is 11.3 Å². The predicted octanol–water partition coefficient (Wildman–Crippen LogP) is 4.74. The molecular weight excluding hydrogens is 409 g/mol. The van der Waals surface area contributed by atoms with Crippen LogP contribution in [0.2, 0.25) is 0 Å². The van der Waals surface area contributed by atoms with Gasteiger partial charge in [-0.25, -0.2) is 4.98 Å². The van der Waals surface area contributed by atoms with Crippen molar-refractivity contribution in [3.63, 3.8) is 0 Å². The number of hydrogen-bond acceptors (Lipinski definition) is 4. The molecule has 6 heteroatoms. The molecule has 0 bridgehead atoms. The lowest BCUT2D eigenvalue weighted by Gasteiger charge is -2.07. The van der Waals surface area contributed by atoms with Gasteiger partial charge in [-0.3, -0.25) is 4.79 Å². The van der Waals surface area contributed by atoms with Crippen molar-refractivity contribution in [1.82, 2.24) is 4.98 Å². The van der Waals surface area contributed by atoms with Gasteiger partial charge in [0, 0.05) is 32.1 Å². The molecule has 2 N–H and O–H groups in total. The summed E-state index contributed by atoms with van der Waals surface area (Å²) in [6.07, 6.45) is 1.74. The lowest BCUT2D eigenvalue weighted by atomic mass is 10.2. The van der Waals surface area contributed by atoms with Gasteiger partial charge in [0.25, 0.3) is 5.91 Å². The zero-order valence-electron chi connectivity index (χ0n) is 11.4. The summed E-state index contributed by atoms with van der Waals surface area (Å²) < 4.78 is 1.13. The summed E-state index contributed by atoms with van der Waals surface area (Å²) in [7, 11) is 0. The van der Waals surface area contributed by atoms with Crippen molar-refractivity contribution in [3.05, 3.63) is 69.2 Å². The highest BCUT2D eigenvalue weighted by molar-refractivity contribution is 14.1. The highest BCUT2D eigenvalue weighted by Crippen LogP contribution is 2.20. The van der Waals surface area contributed by atoms with Crippen molar-refractivity contribution in [2.75, 3.05) is 10.6 Å². The van der Waals surface area contributed by atoms with Gasteiger partial charge in [0.2, 0.25) is 0 Å². The van der Waals surface area contributed by atoms with Crippen molar-refractivity contribution >= 4 is 56.3 Å². The first-order chi connectivity index (χ1) is 10.7. The number of anilines is 3. The van der Waals surface area contributed by atoms with Crippen LogP contribution in [0.4, 0.5) is 16.5 Å². The first kappa shape index (κ1) is 15.0. The summed E-state index contributed by atoms with van der Waals surface area (Å²) >= 11 is 3.74. The average molecular weight is 421 g/mol. The smallest absolute Gasteiger partial charge is 0.255 e. The molecule has 0 aliphatic carbocycles. The Morgan fingerprint density at radius 2 is 1.91 bits per heavy atom. The SMILES string of the molecule is O=C(Nc1ccc(I)cc1)c1cccc(Nc2nccs2)c1. The van der Waals surface area contributed by atoms with E-state index in [2.05, 4.69) is 38.2 Å². The molecule has 2 aromatic carbocycles. The van der Waals surface area contributed by atoms with Crippen LogP contribution in [-0.4, -0.2) is 10.9 Å². The van der Waals surface area contributed by atoms with Crippen LogP contribution >= 0.6 is 33.9 Å². The Morgan fingerprint density at radius 1 is 1.09 bits per heavy atom. The minimum atomic E-state index is -0.135. The molecule has 0 radical (unpaired) electrons. The van der Waals surface area contributed by atoms with Gasteiger partial charge in [-0.05, 0) is 65.1 Å². The fraction of sp³-hybridized carbons (Fsp3) is 0. The molecule has 0 aliphatic rings. The summed E-state index contributed by atoms with van der Waals surface area (Å²) in [4.78, 5) is 16.5. The van der Waals surface area contributed by atoms with Crippen LogP contribution < -0.4 is 10.6 Å². The number of nitrogens with zero attached hydrogens (tertiary/aromatic N) is 1. The largest absolute Gasteiger partial charge is 0.332 e. The van der Waals surface area contributed by atoms with Crippen LogP contribution in [0.25, 0.3) is 0 Å². The molecule has 0 aliphatic heterocycles. The molecule has 1 amide bonds. The quantitative estimate of drug-likeness (QED) is 0.599. The van der Waals surface area contributed by atoms with Gasteiger partial charge in [0.15, 0.2) is 5.13 Å². The van der Waals surface area contributed by atoms with Crippen LogP contribution in [0, 0.1) is 3.57 Å². The van der Waals surface area contributed by atoms with Gasteiger partial charge in [0.05, 0.1) is 0 Å². The van der Waals surface area contributed by atoms with Crippen LogP contribution in [0.5, 0.6) is 0 Å². The number of halogens is 1. The molecule has 0 saturated heterocycles. The van der Waals surface area contributed by atoms with E-state index in [1.165, 1.54) is 11.3 Å². The Bertz CT molecular complexity index is 772. The Kier molecular flexibility index (Phi) is 4.69. The average Bonchev–Trinajstić information content (AvgIpc) is 3.03. The van der Waals surface area contributed by atoms with Crippen LogP contribution in [-0.2, 0) is 0 Å². The Labute approximate surface area is 145 Å². The molecule has 22 heavy (non-hydrogen) atoms. The number of benzene rings is 2. The first-order valence-corrected chi connectivity index (χ1v) is 8.50. The van der Waals surface area contributed by atoms with E-state index in [1.54, 1.807) is 12.3 Å². The number of thiazole rings is 1. The second kappa shape index (κ2) is 6.89. The number of hydrogen-bond donors (Lipinski definition) is 2. The number of carbonyl (C=O) groups is 1. The van der Waals surface area contributed by atoms with Gasteiger partial charge in [-0.2, -0.15) is 0 Å². The zero-order chi connectivity index (χ0) is 15.4. The third kappa shape index (κ3) is 3.83. The molecule has 0 atom stereocenters. The number of amides is 1. The first-order valence-electron chi connectivity index (χ1n) is 6.54. The standard InChI is InChI=1S/C16H12IN3OS/c17-12-4-6-13(7-5-12)19-15(21)11-2-1-3-14(10-11)20-16-18-8-9-22-16/h1-10H,(H,18,20)(H,19,21). The van der Waals surface area contributed by atoms with E-state index in [4.69, 9.17) is 0 Å². The Morgan fingerprint density at radius 3 is 2.64 bits per heavy atom. The van der Waals surface area contributed by atoms with E-state index >= 15 is 0 Å². The Hall–Kier alpha value is -1.93. The van der Waals surface area contributed by atoms with E-state index in [1.807, 2.05) is 47.8 Å². The maximum Gasteiger partial charge on any atom is 0.255 e. The maximum absolute atomic E-state index is 12.3. The topological polar surface area (TPSA) is 54.0 Å². The Balaban J connectivity index is 1.73. The minimum absolute atomic E-state index is 0.135. The third-order valence-corrected chi connectivity index (χ3v) is 4.32. The zero-order valence-corrected chi connectivity index (χ0v) is 14.4. The lowest BCUT2D eigenvalue weighted by Crippen LogP contribution is -2.12. The van der Waals surface area contributed by atoms with E-state index < -0.39 is 0 Å². The van der Waals surface area contributed by atoms with Crippen LogP contribution in [0.1, 0.15) is 10.4 Å². The molecule has 0 saturated carbocycles. The van der Waals surface area contributed by atoms with Crippen LogP contribution in [0.3, 0.4) is 0 Å². The molecule has 3 rings (SSSR count). The van der Waals surface area contributed by atoms with E-state index in [9.17, 15) is 4.79 Å². The highest BCUT2D eigenvalue weighted by atomic mass is 127. The van der Waals surface area contributed by atoms with E-state index in [-0.39, 0.29) is 5.91 Å². The molecule has 0 spiro atoms. The lowest BCUT2D eigenvalue weighted by molar-refractivity contribution is 0.102. The molecule has 3 aromatic rings. The molecular formula is C16H12IN3OS. The molecule has 1 aromatic heterocycles. The second-order valence-corrected chi connectivity index (χ2v) is 6.64. The van der Waals surface area contributed by atoms with Crippen LogP contribution in [0.15, 0.2) is 60.1 Å². The monoisotopic (exact) mass is 421 g/mol. The number of rotatable bonds is 4. The fourth-order valence-electron chi connectivity index (χ4n) is 1.88. The second-order valence-electron chi connectivity index (χ2n) is 4.50. The summed E-state index contributed by atoms with van der Waals surface area (Å²) in [6, 6.07) is 15.0. The van der Waals surface area contributed by atoms with Crippen molar-refractivity contribution in [2.45, 2.75) is 0 Å². The van der Waals surface area contributed by atoms with Gasteiger partial charge < -0.3 is 10.6 Å². The number of nitrogens with one attached hydrogen (secondary N) is 2. The highest BCUT2D eigenvalue weighted by Gasteiger charge is 2.07. The van der Waals surface area contributed by atoms with E-state index in [0.29, 0.717) is 5.56 Å². The fourth-order valence-corrected chi connectivity index (χ4v) is 2.79. The minimum Gasteiger partial charge on any atom is -0.332 e. The number of carbonyl (C=O) groups excluding carboxylic acids is 1. The van der Waals surface area contributed by atoms with E-state index in [0.717, 1.165) is 20.1 Å². The number of aromatic nitrogens is 1. The summed E-state index contributed by atoms with van der Waals surface area (Å²) in [6.45, 7) is 0. The molecule has 4 nitrogen and oxygen atoms in total. The van der Waals surface area contributed by atoms with Gasteiger partial charge in [0.1, 0.15) is 0 Å².